The zero-order chi connectivity index (χ0) is 21.4. The minimum absolute atomic E-state index is 0. The fraction of sp³-hybridized carbons (Fsp3) is 0.435. The third-order valence-electron chi connectivity index (χ3n) is 4.31. The van der Waals surface area contributed by atoms with Crippen molar-refractivity contribution in [3.05, 3.63) is 52.0 Å². The van der Waals surface area contributed by atoms with Crippen LogP contribution >= 0.6 is 31.8 Å². The van der Waals surface area contributed by atoms with E-state index in [0.29, 0.717) is 46.4 Å². The van der Waals surface area contributed by atoms with Crippen molar-refractivity contribution in [2.45, 2.75) is 40.5 Å². The molecule has 2 rings (SSSR count). The zero-order valence-electron chi connectivity index (χ0n) is 17.4. The van der Waals surface area contributed by atoms with Gasteiger partial charge in [0.2, 0.25) is 0 Å². The van der Waals surface area contributed by atoms with Crippen LogP contribution in [-0.2, 0) is 0 Å². The Morgan fingerprint density at radius 1 is 0.933 bits per heavy atom. The summed E-state index contributed by atoms with van der Waals surface area (Å²) in [6, 6.07) is 10.8. The Labute approximate surface area is 204 Å². The summed E-state index contributed by atoms with van der Waals surface area (Å²) in [4.78, 5) is 12.9. The summed E-state index contributed by atoms with van der Waals surface area (Å²) < 4.78 is 11.9. The standard InChI is InChI=1S/C23H29Cl2O3P.Li.H/c1-15(2)10-12-27-17-8-9-21(20(14-17)28-13-11-16(3)4)29-23(26)22-18(24)6-5-7-19(22)25;;/h5-9,14-16,29H,10-13H2,1-4H3;;. The molecule has 0 aliphatic carbocycles. The van der Waals surface area contributed by atoms with Crippen LogP contribution in [0.25, 0.3) is 0 Å². The molecule has 0 aliphatic rings. The number of ether oxygens (including phenoxy) is 2. The molecule has 0 spiro atoms. The van der Waals surface area contributed by atoms with Gasteiger partial charge in [0.05, 0.1) is 28.8 Å². The Hall–Kier alpha value is -0.683. The second-order valence-corrected chi connectivity index (χ2v) is 9.83. The molecule has 3 nitrogen and oxygen atoms in total. The summed E-state index contributed by atoms with van der Waals surface area (Å²) in [6.07, 6.45) is 1.92. The van der Waals surface area contributed by atoms with Crippen molar-refractivity contribution in [1.29, 1.82) is 0 Å². The Morgan fingerprint density at radius 3 is 2.07 bits per heavy atom. The van der Waals surface area contributed by atoms with Crippen LogP contribution in [0.15, 0.2) is 36.4 Å². The first kappa shape index (κ1) is 27.4. The maximum absolute atomic E-state index is 12.9. The quantitative estimate of drug-likeness (QED) is 0.288. The first-order chi connectivity index (χ1) is 13.8. The number of hydrogen-bond acceptors (Lipinski definition) is 3. The summed E-state index contributed by atoms with van der Waals surface area (Å²) in [5.74, 6) is 2.55. The van der Waals surface area contributed by atoms with Crippen LogP contribution in [0.3, 0.4) is 0 Å². The van der Waals surface area contributed by atoms with E-state index in [1.165, 1.54) is 0 Å². The summed E-state index contributed by atoms with van der Waals surface area (Å²) in [5, 5.41) is 1.56. The van der Waals surface area contributed by atoms with E-state index < -0.39 is 0 Å². The van der Waals surface area contributed by atoms with E-state index in [-0.39, 0.29) is 33.0 Å². The van der Waals surface area contributed by atoms with E-state index in [1.807, 2.05) is 18.2 Å². The number of rotatable bonds is 11. The van der Waals surface area contributed by atoms with Crippen molar-refractivity contribution < 1.29 is 14.3 Å². The molecule has 0 aromatic heterocycles. The van der Waals surface area contributed by atoms with Gasteiger partial charge in [-0.1, -0.05) is 57.0 Å². The molecule has 160 valence electrons. The third-order valence-corrected chi connectivity index (χ3v) is 6.10. The van der Waals surface area contributed by atoms with Gasteiger partial charge in [-0.15, -0.1) is 0 Å². The molecule has 0 heterocycles. The van der Waals surface area contributed by atoms with Crippen molar-refractivity contribution in [3.8, 4) is 11.5 Å². The predicted octanol–water partition coefficient (Wildman–Crippen LogP) is 6.34. The molecule has 0 saturated carbocycles. The maximum atomic E-state index is 12.9. The molecule has 0 aliphatic heterocycles. The topological polar surface area (TPSA) is 35.5 Å². The summed E-state index contributed by atoms with van der Waals surface area (Å²) in [5.41, 5.74) is 0.252. The molecule has 7 heteroatoms. The van der Waals surface area contributed by atoms with Gasteiger partial charge in [0.15, 0.2) is 5.52 Å². The molecule has 1 unspecified atom stereocenters. The molecule has 0 saturated heterocycles. The van der Waals surface area contributed by atoms with Crippen LogP contribution in [0.2, 0.25) is 10.0 Å². The van der Waals surface area contributed by atoms with Crippen LogP contribution in [0.5, 0.6) is 11.5 Å². The fourth-order valence-electron chi connectivity index (χ4n) is 2.53. The minimum atomic E-state index is -0.141. The molecule has 1 atom stereocenters. The van der Waals surface area contributed by atoms with Crippen LogP contribution in [0, 0.1) is 11.8 Å². The fourth-order valence-corrected chi connectivity index (χ4v) is 4.33. The van der Waals surface area contributed by atoms with Gasteiger partial charge in [0.25, 0.3) is 0 Å². The van der Waals surface area contributed by atoms with Crippen molar-refractivity contribution >= 4 is 61.5 Å². The van der Waals surface area contributed by atoms with Gasteiger partial charge >= 0.3 is 18.9 Å². The van der Waals surface area contributed by atoms with Gasteiger partial charge in [-0.25, -0.2) is 0 Å². The first-order valence-corrected chi connectivity index (χ1v) is 11.7. The number of carbonyl (C=O) groups is 1. The predicted molar refractivity (Wildman–Crippen MR) is 132 cm³/mol. The number of benzene rings is 2. The van der Waals surface area contributed by atoms with Gasteiger partial charge in [0, 0.05) is 11.4 Å². The molecule has 2 aromatic rings. The average molecular weight is 463 g/mol. The monoisotopic (exact) mass is 462 g/mol. The molecule has 0 N–H and O–H groups in total. The normalized spacial score (nSPS) is 11.2. The van der Waals surface area contributed by atoms with Crippen molar-refractivity contribution in [2.24, 2.45) is 11.8 Å². The number of carbonyl (C=O) groups excluding carboxylic acids is 1. The Kier molecular flexibility index (Phi) is 12.5. The van der Waals surface area contributed by atoms with E-state index in [1.54, 1.807) is 18.2 Å². The van der Waals surface area contributed by atoms with E-state index in [9.17, 15) is 4.79 Å². The van der Waals surface area contributed by atoms with Gasteiger partial charge in [-0.3, -0.25) is 4.79 Å². The van der Waals surface area contributed by atoms with Gasteiger partial charge in [-0.2, -0.15) is 0 Å². The molecule has 0 radical (unpaired) electrons. The van der Waals surface area contributed by atoms with Crippen LogP contribution < -0.4 is 14.8 Å². The van der Waals surface area contributed by atoms with E-state index in [0.717, 1.165) is 23.9 Å². The van der Waals surface area contributed by atoms with Gasteiger partial charge < -0.3 is 9.47 Å². The van der Waals surface area contributed by atoms with E-state index in [2.05, 4.69) is 27.7 Å². The zero-order valence-corrected chi connectivity index (χ0v) is 19.9. The molecule has 0 bridgehead atoms. The molecule has 0 amide bonds. The molecule has 30 heavy (non-hydrogen) atoms. The van der Waals surface area contributed by atoms with Crippen LogP contribution in [0.4, 0.5) is 0 Å². The van der Waals surface area contributed by atoms with Gasteiger partial charge in [0.1, 0.15) is 11.5 Å². The summed E-state index contributed by atoms with van der Waals surface area (Å²) in [6.45, 7) is 9.88. The SMILES string of the molecule is CC(C)CCOc1ccc(PC(=O)c2c(Cl)cccc2Cl)c(OCCC(C)C)c1.[LiH]. The second kappa shape index (κ2) is 13.7. The van der Waals surface area contributed by atoms with Crippen LogP contribution in [-0.4, -0.2) is 37.6 Å². The molecular weight excluding hydrogens is 433 g/mol. The summed E-state index contributed by atoms with van der Waals surface area (Å²) >= 11 is 12.4. The average Bonchev–Trinajstić information content (AvgIpc) is 2.63. The van der Waals surface area contributed by atoms with Crippen molar-refractivity contribution in [1.82, 2.24) is 0 Å². The van der Waals surface area contributed by atoms with Crippen LogP contribution in [0.1, 0.15) is 50.9 Å². The molecular formula is C23H30Cl2LiO3P. The Bertz CT molecular complexity index is 808. The number of hydrogen-bond donors (Lipinski definition) is 0. The molecule has 0 fully saturated rings. The van der Waals surface area contributed by atoms with Crippen molar-refractivity contribution in [3.63, 3.8) is 0 Å². The van der Waals surface area contributed by atoms with Crippen molar-refractivity contribution in [2.75, 3.05) is 13.2 Å². The molecule has 2 aromatic carbocycles. The second-order valence-electron chi connectivity index (χ2n) is 7.77. The number of halogens is 2. The van der Waals surface area contributed by atoms with Gasteiger partial charge in [-0.05, 0) is 57.5 Å². The van der Waals surface area contributed by atoms with E-state index >= 15 is 0 Å². The first-order valence-electron chi connectivity index (χ1n) is 9.93. The Balaban J connectivity index is 0.00000450. The summed E-state index contributed by atoms with van der Waals surface area (Å²) in [7, 11) is -0.141. The Morgan fingerprint density at radius 2 is 1.50 bits per heavy atom. The van der Waals surface area contributed by atoms with E-state index in [4.69, 9.17) is 32.7 Å². The third kappa shape index (κ3) is 8.82.